The average Bonchev–Trinajstić information content (AvgIpc) is 2.98. The Morgan fingerprint density at radius 1 is 0.880 bits per heavy atom. The highest BCUT2D eigenvalue weighted by Crippen LogP contribution is 2.38. The Hall–Kier alpha value is -3.54. The second-order valence-corrected chi connectivity index (χ2v) is 5.74. The fourth-order valence-electron chi connectivity index (χ4n) is 3.08. The average molecular weight is 329 g/mol. The number of nitrogens with zero attached hydrogens (tertiary/aromatic N) is 3. The van der Waals surface area contributed by atoms with Gasteiger partial charge in [0.05, 0.1) is 0 Å². The lowest BCUT2D eigenvalue weighted by Crippen LogP contribution is -2.39. The van der Waals surface area contributed by atoms with E-state index in [1.165, 1.54) is 6.33 Å². The highest BCUT2D eigenvalue weighted by Gasteiger charge is 2.46. The highest BCUT2D eigenvalue weighted by atomic mass is 16.2. The predicted octanol–water partition coefficient (Wildman–Crippen LogP) is 1.83. The first kappa shape index (κ1) is 15.0. The molecule has 6 nitrogen and oxygen atoms in total. The van der Waals surface area contributed by atoms with E-state index in [1.54, 1.807) is 12.4 Å². The van der Waals surface area contributed by atoms with Gasteiger partial charge >= 0.3 is 0 Å². The van der Waals surface area contributed by atoms with E-state index in [0.717, 1.165) is 22.3 Å². The first-order chi connectivity index (χ1) is 12.2. The SMILES string of the molecule is NC1=NC(c2ccccc2)(c2cccc(-c3cncnc3)c2)C(=O)N1. The molecule has 3 N–H and O–H groups in total. The maximum Gasteiger partial charge on any atom is 0.263 e. The van der Waals surface area contributed by atoms with Crippen LogP contribution in [0.1, 0.15) is 11.1 Å². The lowest BCUT2D eigenvalue weighted by atomic mass is 9.82. The molecule has 1 aliphatic heterocycles. The fraction of sp³-hybridized carbons (Fsp3) is 0.0526. The summed E-state index contributed by atoms with van der Waals surface area (Å²) in [6.07, 6.45) is 4.94. The number of guanidine groups is 1. The topological polar surface area (TPSA) is 93.3 Å². The van der Waals surface area contributed by atoms with Crippen molar-refractivity contribution in [1.29, 1.82) is 0 Å². The summed E-state index contributed by atoms with van der Waals surface area (Å²) in [7, 11) is 0. The lowest BCUT2D eigenvalue weighted by molar-refractivity contribution is -0.122. The van der Waals surface area contributed by atoms with Crippen molar-refractivity contribution in [2.75, 3.05) is 0 Å². The molecule has 122 valence electrons. The molecule has 0 radical (unpaired) electrons. The molecule has 1 unspecified atom stereocenters. The van der Waals surface area contributed by atoms with Gasteiger partial charge in [0.15, 0.2) is 11.5 Å². The van der Waals surface area contributed by atoms with Crippen molar-refractivity contribution in [3.63, 3.8) is 0 Å². The number of hydrogen-bond acceptors (Lipinski definition) is 5. The van der Waals surface area contributed by atoms with Gasteiger partial charge in [-0.1, -0.05) is 48.5 Å². The number of aliphatic imine (C=N–C) groups is 1. The Balaban J connectivity index is 1.92. The number of hydrogen-bond donors (Lipinski definition) is 2. The van der Waals surface area contributed by atoms with E-state index in [2.05, 4.69) is 20.3 Å². The summed E-state index contributed by atoms with van der Waals surface area (Å²) in [5.41, 5.74) is 7.89. The van der Waals surface area contributed by atoms with Gasteiger partial charge in [-0.3, -0.25) is 10.1 Å². The monoisotopic (exact) mass is 329 g/mol. The number of benzene rings is 2. The molecule has 1 amide bonds. The second kappa shape index (κ2) is 5.83. The largest absolute Gasteiger partial charge is 0.370 e. The summed E-state index contributed by atoms with van der Waals surface area (Å²) in [6, 6.07) is 17.0. The molecule has 2 heterocycles. The van der Waals surface area contributed by atoms with Crippen LogP contribution >= 0.6 is 0 Å². The minimum atomic E-state index is -1.20. The van der Waals surface area contributed by atoms with E-state index in [0.29, 0.717) is 0 Å². The molecule has 4 rings (SSSR count). The van der Waals surface area contributed by atoms with Crippen molar-refractivity contribution in [1.82, 2.24) is 15.3 Å². The molecule has 0 bridgehead atoms. The number of carbonyl (C=O) groups excluding carboxylic acids is 1. The van der Waals surface area contributed by atoms with Crippen molar-refractivity contribution in [3.8, 4) is 11.1 Å². The molecule has 0 saturated carbocycles. The van der Waals surface area contributed by atoms with Gasteiger partial charge in [-0.2, -0.15) is 0 Å². The Morgan fingerprint density at radius 2 is 1.60 bits per heavy atom. The van der Waals surface area contributed by atoms with Crippen molar-refractivity contribution in [3.05, 3.63) is 84.4 Å². The molecule has 0 aliphatic carbocycles. The van der Waals surface area contributed by atoms with Crippen molar-refractivity contribution in [2.24, 2.45) is 10.7 Å². The zero-order valence-electron chi connectivity index (χ0n) is 13.3. The van der Waals surface area contributed by atoms with Gasteiger partial charge in [-0.25, -0.2) is 15.0 Å². The highest BCUT2D eigenvalue weighted by molar-refractivity contribution is 6.09. The fourth-order valence-corrected chi connectivity index (χ4v) is 3.08. The summed E-state index contributed by atoms with van der Waals surface area (Å²) in [4.78, 5) is 25.4. The van der Waals surface area contributed by atoms with Crippen LogP contribution in [-0.4, -0.2) is 21.8 Å². The van der Waals surface area contributed by atoms with Crippen LogP contribution < -0.4 is 11.1 Å². The zero-order valence-corrected chi connectivity index (χ0v) is 13.3. The van der Waals surface area contributed by atoms with Gasteiger partial charge in [-0.05, 0) is 22.8 Å². The molecule has 0 spiro atoms. The molecule has 6 heteroatoms. The number of nitrogens with two attached hydrogens (primary N) is 1. The molecule has 2 aromatic carbocycles. The van der Waals surface area contributed by atoms with Crippen LogP contribution in [0.2, 0.25) is 0 Å². The minimum Gasteiger partial charge on any atom is -0.370 e. The van der Waals surface area contributed by atoms with Crippen LogP contribution in [0.3, 0.4) is 0 Å². The van der Waals surface area contributed by atoms with Crippen molar-refractivity contribution < 1.29 is 4.79 Å². The van der Waals surface area contributed by atoms with Gasteiger partial charge in [-0.15, -0.1) is 0 Å². The van der Waals surface area contributed by atoms with E-state index in [-0.39, 0.29) is 11.9 Å². The van der Waals surface area contributed by atoms with Gasteiger partial charge in [0.25, 0.3) is 5.91 Å². The first-order valence-corrected chi connectivity index (χ1v) is 7.78. The minimum absolute atomic E-state index is 0.113. The standard InChI is InChI=1S/C19H15N5O/c20-18-23-17(25)19(24-18,15-6-2-1-3-7-15)16-8-4-5-13(9-16)14-10-21-12-22-11-14/h1-12H,(H3,20,23,24,25). The van der Waals surface area contributed by atoms with E-state index in [1.807, 2.05) is 54.6 Å². The summed E-state index contributed by atoms with van der Waals surface area (Å²) in [6.45, 7) is 0. The maximum absolute atomic E-state index is 12.8. The maximum atomic E-state index is 12.8. The molecular weight excluding hydrogens is 314 g/mol. The van der Waals surface area contributed by atoms with E-state index in [4.69, 9.17) is 5.73 Å². The Bertz CT molecular complexity index is 956. The van der Waals surface area contributed by atoms with Gasteiger partial charge < -0.3 is 5.73 Å². The Kier molecular flexibility index (Phi) is 3.50. The zero-order chi connectivity index (χ0) is 17.3. The van der Waals surface area contributed by atoms with Crippen LogP contribution in [0, 0.1) is 0 Å². The van der Waals surface area contributed by atoms with Crippen molar-refractivity contribution in [2.45, 2.75) is 5.54 Å². The molecule has 1 atom stereocenters. The van der Waals surface area contributed by atoms with Gasteiger partial charge in [0, 0.05) is 18.0 Å². The van der Waals surface area contributed by atoms with Gasteiger partial charge in [0.2, 0.25) is 0 Å². The number of nitrogens with one attached hydrogen (secondary N) is 1. The van der Waals surface area contributed by atoms with Crippen LogP contribution in [0.5, 0.6) is 0 Å². The molecule has 25 heavy (non-hydrogen) atoms. The van der Waals surface area contributed by atoms with Crippen molar-refractivity contribution >= 4 is 11.9 Å². The normalized spacial score (nSPS) is 19.4. The Labute approximate surface area is 144 Å². The molecular formula is C19H15N5O. The Morgan fingerprint density at radius 3 is 2.28 bits per heavy atom. The van der Waals surface area contributed by atoms with E-state index in [9.17, 15) is 4.79 Å². The number of amides is 1. The second-order valence-electron chi connectivity index (χ2n) is 5.74. The molecule has 0 fully saturated rings. The van der Waals surface area contributed by atoms with Crippen LogP contribution in [0.15, 0.2) is 78.3 Å². The quantitative estimate of drug-likeness (QED) is 0.766. The van der Waals surface area contributed by atoms with Crippen LogP contribution in [0.4, 0.5) is 0 Å². The third-order valence-corrected chi connectivity index (χ3v) is 4.22. The number of carbonyl (C=O) groups is 1. The summed E-state index contributed by atoms with van der Waals surface area (Å²) in [5.74, 6) is -0.153. The number of aromatic nitrogens is 2. The van der Waals surface area contributed by atoms with E-state index < -0.39 is 5.54 Å². The summed E-state index contributed by atoms with van der Waals surface area (Å²) < 4.78 is 0. The first-order valence-electron chi connectivity index (χ1n) is 7.78. The lowest BCUT2D eigenvalue weighted by Gasteiger charge is -2.25. The molecule has 1 aromatic heterocycles. The van der Waals surface area contributed by atoms with E-state index >= 15 is 0 Å². The van der Waals surface area contributed by atoms with Gasteiger partial charge in [0.1, 0.15) is 6.33 Å². The smallest absolute Gasteiger partial charge is 0.263 e. The molecule has 3 aromatic rings. The van der Waals surface area contributed by atoms with Crippen LogP contribution in [-0.2, 0) is 10.3 Å². The summed E-state index contributed by atoms with van der Waals surface area (Å²) in [5, 5.41) is 2.63. The van der Waals surface area contributed by atoms with Crippen LogP contribution in [0.25, 0.3) is 11.1 Å². The molecule has 0 saturated heterocycles. The third-order valence-electron chi connectivity index (χ3n) is 4.22. The summed E-state index contributed by atoms with van der Waals surface area (Å²) >= 11 is 0. The predicted molar refractivity (Wildman–Crippen MR) is 94.5 cm³/mol. The number of rotatable bonds is 3. The molecule has 1 aliphatic rings. The third kappa shape index (κ3) is 2.44.